The van der Waals surface area contributed by atoms with E-state index in [1.807, 2.05) is 18.2 Å². The molecule has 1 N–H and O–H groups in total. The molecule has 1 rings (SSSR count). The third-order valence-corrected chi connectivity index (χ3v) is 2.65. The molecule has 0 aliphatic heterocycles. The number of ether oxygens (including phenoxy) is 2. The lowest BCUT2D eigenvalue weighted by molar-refractivity contribution is 0.319. The Morgan fingerprint density at radius 2 is 2.16 bits per heavy atom. The first-order valence-corrected chi connectivity index (χ1v) is 6.61. The minimum absolute atomic E-state index is 0.529. The van der Waals surface area contributed by atoms with Gasteiger partial charge in [0.1, 0.15) is 11.5 Å². The van der Waals surface area contributed by atoms with Crippen LogP contribution in [0.4, 0.5) is 0 Å². The maximum atomic E-state index is 5.72. The second-order valence-electron chi connectivity index (χ2n) is 4.80. The second kappa shape index (κ2) is 8.44. The van der Waals surface area contributed by atoms with Gasteiger partial charge in [0.25, 0.3) is 0 Å². The van der Waals surface area contributed by atoms with Crippen molar-refractivity contribution in [1.82, 2.24) is 5.32 Å². The van der Waals surface area contributed by atoms with Gasteiger partial charge in [0.15, 0.2) is 0 Å². The van der Waals surface area contributed by atoms with E-state index in [1.165, 1.54) is 0 Å². The van der Waals surface area contributed by atoms with Crippen LogP contribution in [0.3, 0.4) is 0 Å². The molecule has 0 atom stereocenters. The molecule has 3 heteroatoms. The molecule has 0 aliphatic carbocycles. The lowest BCUT2D eigenvalue weighted by Crippen LogP contribution is -2.19. The molecule has 0 spiro atoms. The topological polar surface area (TPSA) is 30.5 Å². The van der Waals surface area contributed by atoms with Gasteiger partial charge in [-0.1, -0.05) is 19.9 Å². The van der Waals surface area contributed by atoms with Gasteiger partial charge in [0, 0.05) is 24.6 Å². The Hall–Kier alpha value is -1.66. The van der Waals surface area contributed by atoms with Gasteiger partial charge in [-0.25, -0.2) is 0 Å². The molecule has 0 bridgehead atoms. The van der Waals surface area contributed by atoms with Crippen molar-refractivity contribution in [2.75, 3.05) is 20.3 Å². The van der Waals surface area contributed by atoms with Crippen LogP contribution in [0.5, 0.6) is 11.5 Å². The van der Waals surface area contributed by atoms with Crippen LogP contribution in [-0.2, 0) is 6.54 Å². The summed E-state index contributed by atoms with van der Waals surface area (Å²) in [6.45, 7) is 6.67. The average molecular weight is 261 g/mol. The summed E-state index contributed by atoms with van der Waals surface area (Å²) in [7, 11) is 1.65. The predicted molar refractivity (Wildman–Crippen MR) is 78.5 cm³/mol. The van der Waals surface area contributed by atoms with Gasteiger partial charge in [-0.2, -0.15) is 0 Å². The lowest BCUT2D eigenvalue weighted by Gasteiger charge is -2.14. The fourth-order valence-corrected chi connectivity index (χ4v) is 1.66. The van der Waals surface area contributed by atoms with Gasteiger partial charge < -0.3 is 14.8 Å². The van der Waals surface area contributed by atoms with E-state index in [0.29, 0.717) is 18.9 Å². The smallest absolute Gasteiger partial charge is 0.127 e. The fourth-order valence-electron chi connectivity index (χ4n) is 1.66. The van der Waals surface area contributed by atoms with Crippen molar-refractivity contribution in [1.29, 1.82) is 0 Å². The van der Waals surface area contributed by atoms with Crippen LogP contribution >= 0.6 is 0 Å². The van der Waals surface area contributed by atoms with Gasteiger partial charge in [0.05, 0.1) is 13.7 Å². The van der Waals surface area contributed by atoms with Crippen molar-refractivity contribution < 1.29 is 9.47 Å². The molecule has 3 nitrogen and oxygen atoms in total. The van der Waals surface area contributed by atoms with Crippen LogP contribution in [0.2, 0.25) is 0 Å². The number of rotatable bonds is 8. The average Bonchev–Trinajstić information content (AvgIpc) is 2.40. The minimum Gasteiger partial charge on any atom is -0.497 e. The summed E-state index contributed by atoms with van der Waals surface area (Å²) in [5, 5.41) is 3.41. The van der Waals surface area contributed by atoms with Crippen molar-refractivity contribution in [3.63, 3.8) is 0 Å². The molecule has 0 fully saturated rings. The molecule has 0 aromatic heterocycles. The summed E-state index contributed by atoms with van der Waals surface area (Å²) in [6.07, 6.45) is 5.84. The summed E-state index contributed by atoms with van der Waals surface area (Å²) in [5.41, 5.74) is 1.12. The Morgan fingerprint density at radius 1 is 1.37 bits per heavy atom. The SMILES string of the molecule is C#CCCOc1cc(OC)ccc1CNCC(C)C. The predicted octanol–water partition coefficient (Wildman–Crippen LogP) is 2.84. The molecule has 0 radical (unpaired) electrons. The van der Waals surface area contributed by atoms with E-state index in [2.05, 4.69) is 25.1 Å². The number of hydrogen-bond donors (Lipinski definition) is 1. The van der Waals surface area contributed by atoms with E-state index in [9.17, 15) is 0 Å². The van der Waals surface area contributed by atoms with Crippen LogP contribution < -0.4 is 14.8 Å². The molecular weight excluding hydrogens is 238 g/mol. The van der Waals surface area contributed by atoms with Crippen molar-refractivity contribution >= 4 is 0 Å². The first-order chi connectivity index (χ1) is 9.17. The van der Waals surface area contributed by atoms with Crippen LogP contribution in [-0.4, -0.2) is 20.3 Å². The van der Waals surface area contributed by atoms with Gasteiger partial charge in [-0.3, -0.25) is 0 Å². The van der Waals surface area contributed by atoms with Gasteiger partial charge >= 0.3 is 0 Å². The molecule has 19 heavy (non-hydrogen) atoms. The van der Waals surface area contributed by atoms with Crippen LogP contribution in [0.15, 0.2) is 18.2 Å². The molecule has 104 valence electrons. The van der Waals surface area contributed by atoms with Gasteiger partial charge in [-0.05, 0) is 18.5 Å². The van der Waals surface area contributed by atoms with E-state index >= 15 is 0 Å². The molecule has 0 heterocycles. The zero-order valence-electron chi connectivity index (χ0n) is 12.0. The molecule has 1 aromatic rings. The van der Waals surface area contributed by atoms with Gasteiger partial charge in [0.2, 0.25) is 0 Å². The highest BCUT2D eigenvalue weighted by atomic mass is 16.5. The van der Waals surface area contributed by atoms with E-state index < -0.39 is 0 Å². The van der Waals surface area contributed by atoms with Crippen molar-refractivity contribution in [3.05, 3.63) is 23.8 Å². The summed E-state index contributed by atoms with van der Waals surface area (Å²) in [4.78, 5) is 0. The first kappa shape index (κ1) is 15.4. The highest BCUT2D eigenvalue weighted by molar-refractivity contribution is 5.40. The third kappa shape index (κ3) is 5.67. The second-order valence-corrected chi connectivity index (χ2v) is 4.80. The largest absolute Gasteiger partial charge is 0.497 e. The summed E-state index contributed by atoms with van der Waals surface area (Å²) in [6, 6.07) is 5.88. The summed E-state index contributed by atoms with van der Waals surface area (Å²) in [5.74, 6) is 4.83. The zero-order chi connectivity index (χ0) is 14.1. The number of hydrogen-bond acceptors (Lipinski definition) is 3. The molecule has 0 saturated heterocycles. The van der Waals surface area contributed by atoms with E-state index in [1.54, 1.807) is 7.11 Å². The van der Waals surface area contributed by atoms with Crippen molar-refractivity contribution in [3.8, 4) is 23.8 Å². The van der Waals surface area contributed by atoms with E-state index in [-0.39, 0.29) is 0 Å². The monoisotopic (exact) mass is 261 g/mol. The molecule has 0 amide bonds. The highest BCUT2D eigenvalue weighted by Crippen LogP contribution is 2.25. The standard InChI is InChI=1S/C16H23NO2/c1-5-6-9-19-16-10-15(18-4)8-7-14(16)12-17-11-13(2)3/h1,7-8,10,13,17H,6,9,11-12H2,2-4H3. The minimum atomic E-state index is 0.529. The van der Waals surface area contributed by atoms with Gasteiger partial charge in [-0.15, -0.1) is 12.3 Å². The summed E-state index contributed by atoms with van der Waals surface area (Å²) < 4.78 is 10.9. The molecular formula is C16H23NO2. The number of terminal acetylenes is 1. The van der Waals surface area contributed by atoms with Crippen molar-refractivity contribution in [2.45, 2.75) is 26.8 Å². The Labute approximate surface area is 116 Å². The first-order valence-electron chi connectivity index (χ1n) is 6.61. The number of nitrogens with one attached hydrogen (secondary N) is 1. The van der Waals surface area contributed by atoms with Crippen molar-refractivity contribution in [2.24, 2.45) is 5.92 Å². The number of benzene rings is 1. The molecule has 1 aromatic carbocycles. The quantitative estimate of drug-likeness (QED) is 0.576. The Morgan fingerprint density at radius 3 is 2.79 bits per heavy atom. The number of methoxy groups -OCH3 is 1. The Kier molecular flexibility index (Phi) is 6.84. The maximum absolute atomic E-state index is 5.72. The molecule has 0 saturated carbocycles. The highest BCUT2D eigenvalue weighted by Gasteiger charge is 2.06. The maximum Gasteiger partial charge on any atom is 0.127 e. The summed E-state index contributed by atoms with van der Waals surface area (Å²) >= 11 is 0. The fraction of sp³-hybridized carbons (Fsp3) is 0.500. The molecule has 0 aliphatic rings. The van der Waals surface area contributed by atoms with Crippen LogP contribution in [0.25, 0.3) is 0 Å². The van der Waals surface area contributed by atoms with E-state index in [0.717, 1.165) is 30.2 Å². The third-order valence-electron chi connectivity index (χ3n) is 2.65. The van der Waals surface area contributed by atoms with Crippen LogP contribution in [0.1, 0.15) is 25.8 Å². The molecule has 0 unspecified atom stereocenters. The normalized spacial score (nSPS) is 10.3. The zero-order valence-corrected chi connectivity index (χ0v) is 12.0. The Bertz CT molecular complexity index is 421. The Balaban J connectivity index is 2.68. The van der Waals surface area contributed by atoms with Crippen LogP contribution in [0, 0.1) is 18.3 Å². The lowest BCUT2D eigenvalue weighted by atomic mass is 10.1. The van der Waals surface area contributed by atoms with E-state index in [4.69, 9.17) is 15.9 Å².